The first-order valence-corrected chi connectivity index (χ1v) is 14.0. The Kier molecular flexibility index (Phi) is 12.3. The van der Waals surface area contributed by atoms with E-state index >= 15 is 0 Å². The first-order valence-electron chi connectivity index (χ1n) is 12.0. The fourth-order valence-corrected chi connectivity index (χ4v) is 3.78. The van der Waals surface area contributed by atoms with Crippen LogP contribution in [0.4, 0.5) is 11.4 Å². The molecule has 186 valence electrons. The number of rotatable bonds is 7. The molecule has 0 radical (unpaired) electrons. The van der Waals surface area contributed by atoms with Crippen LogP contribution in [0.2, 0.25) is 11.8 Å². The number of hydrogen-bond acceptors (Lipinski definition) is 2. The normalized spacial score (nSPS) is 12.7. The molecule has 2 rings (SSSR count). The van der Waals surface area contributed by atoms with Crippen molar-refractivity contribution < 1.29 is 14.4 Å². The summed E-state index contributed by atoms with van der Waals surface area (Å²) in [6.07, 6.45) is 0. The Hall–Kier alpha value is -1.73. The summed E-state index contributed by atoms with van der Waals surface area (Å²) in [7, 11) is 0. The van der Waals surface area contributed by atoms with Crippen LogP contribution >= 0.6 is 0 Å². The quantitative estimate of drug-likeness (QED) is 0.271. The van der Waals surface area contributed by atoms with Crippen molar-refractivity contribution in [3.63, 3.8) is 0 Å². The van der Waals surface area contributed by atoms with E-state index in [4.69, 9.17) is 9.98 Å². The van der Waals surface area contributed by atoms with Crippen molar-refractivity contribution in [1.29, 1.82) is 0 Å². The molecule has 2 aromatic carbocycles. The van der Waals surface area contributed by atoms with Crippen LogP contribution < -0.4 is 0 Å². The molecule has 0 aliphatic carbocycles. The van der Waals surface area contributed by atoms with E-state index < -0.39 is 0 Å². The van der Waals surface area contributed by atoms with Crippen molar-refractivity contribution >= 4 is 22.8 Å². The third kappa shape index (κ3) is 8.22. The summed E-state index contributed by atoms with van der Waals surface area (Å²) < 4.78 is 0. The molecular weight excluding hydrogens is 447 g/mol. The summed E-state index contributed by atoms with van der Waals surface area (Å²) in [4.78, 5) is 10.3. The topological polar surface area (TPSA) is 24.7 Å². The molecule has 0 saturated carbocycles. The van der Waals surface area contributed by atoms with Crippen LogP contribution in [-0.4, -0.2) is 11.4 Å². The molecule has 0 atom stereocenters. The molecule has 0 N–H and O–H groups in total. The van der Waals surface area contributed by atoms with E-state index in [1.165, 1.54) is 22.3 Å². The SMILES string of the molecule is CC(=Nc1c(C(C)C)cccc1C(C)C)C(C)=Nc1c(C(C)C)cccc1C(C)C.[CH3][Ni][CH3]. The van der Waals surface area contributed by atoms with Crippen LogP contribution in [-0.2, 0) is 14.4 Å². The third-order valence-electron chi connectivity index (χ3n) is 5.77. The van der Waals surface area contributed by atoms with E-state index in [1.807, 2.05) is 0 Å². The van der Waals surface area contributed by atoms with Gasteiger partial charge in [-0.15, -0.1) is 0 Å². The predicted molar refractivity (Wildman–Crippen MR) is 147 cm³/mol. The number of aliphatic imine (C=N–C) groups is 2. The van der Waals surface area contributed by atoms with Gasteiger partial charge in [-0.05, 0) is 59.8 Å². The van der Waals surface area contributed by atoms with Gasteiger partial charge in [0.1, 0.15) is 0 Å². The third-order valence-corrected chi connectivity index (χ3v) is 5.77. The molecule has 0 saturated heterocycles. The Labute approximate surface area is 210 Å². The first-order chi connectivity index (χ1) is 15.5. The molecule has 0 aliphatic rings. The van der Waals surface area contributed by atoms with Crippen molar-refractivity contribution in [1.82, 2.24) is 0 Å². The molecule has 0 bridgehead atoms. The summed E-state index contributed by atoms with van der Waals surface area (Å²) in [5.41, 5.74) is 9.43. The van der Waals surface area contributed by atoms with Crippen LogP contribution in [0.5, 0.6) is 0 Å². The van der Waals surface area contributed by atoms with Crippen LogP contribution in [0.25, 0.3) is 0 Å². The molecule has 33 heavy (non-hydrogen) atoms. The molecule has 0 aliphatic heterocycles. The van der Waals surface area contributed by atoms with E-state index in [0.717, 1.165) is 22.8 Å². The Morgan fingerprint density at radius 2 is 0.758 bits per heavy atom. The van der Waals surface area contributed by atoms with Crippen molar-refractivity contribution in [2.45, 2.75) is 105 Å². The van der Waals surface area contributed by atoms with Crippen molar-refractivity contribution in [3.8, 4) is 0 Å². The van der Waals surface area contributed by atoms with Crippen molar-refractivity contribution in [2.24, 2.45) is 9.98 Å². The zero-order chi connectivity index (χ0) is 25.3. The Morgan fingerprint density at radius 3 is 0.939 bits per heavy atom. The standard InChI is InChI=1S/C28H40N2.2CH3.Ni/c1-17(2)23-13-11-14-24(18(3)4)27(23)29-21(9)22(10)30-28-25(19(5)6)15-12-16-26(28)20(7)8;;;/h11-20H,1-10H3;2*1H3;. The van der Waals surface area contributed by atoms with E-state index in [2.05, 4.69) is 117 Å². The summed E-state index contributed by atoms with van der Waals surface area (Å²) in [6, 6.07) is 13.2. The Balaban J connectivity index is 0.00000172. The summed E-state index contributed by atoms with van der Waals surface area (Å²) in [5, 5.41) is 0. The second-order valence-corrected chi connectivity index (χ2v) is 10.9. The first kappa shape index (κ1) is 29.3. The zero-order valence-corrected chi connectivity index (χ0v) is 24.0. The molecule has 2 nitrogen and oxygen atoms in total. The Morgan fingerprint density at radius 1 is 0.545 bits per heavy atom. The van der Waals surface area contributed by atoms with Gasteiger partial charge >= 0.3 is 26.2 Å². The van der Waals surface area contributed by atoms with Gasteiger partial charge in [0.05, 0.1) is 22.8 Å². The number of benzene rings is 2. The number of para-hydroxylation sites is 2. The number of hydrogen-bond donors (Lipinski definition) is 0. The average molecular weight is 493 g/mol. The summed E-state index contributed by atoms with van der Waals surface area (Å²) >= 11 is 1.62. The van der Waals surface area contributed by atoms with Gasteiger partial charge < -0.3 is 0 Å². The van der Waals surface area contributed by atoms with Crippen molar-refractivity contribution in [3.05, 3.63) is 58.7 Å². The van der Waals surface area contributed by atoms with E-state index in [-0.39, 0.29) is 0 Å². The van der Waals surface area contributed by atoms with Crippen LogP contribution in [0.15, 0.2) is 46.4 Å². The average Bonchev–Trinajstić information content (AvgIpc) is 2.73. The molecule has 0 spiro atoms. The van der Waals surface area contributed by atoms with Gasteiger partial charge in [0.25, 0.3) is 0 Å². The maximum atomic E-state index is 5.13. The van der Waals surface area contributed by atoms with Gasteiger partial charge in [-0.1, -0.05) is 91.8 Å². The van der Waals surface area contributed by atoms with Gasteiger partial charge in [0.15, 0.2) is 0 Å². The van der Waals surface area contributed by atoms with Gasteiger partial charge in [0.2, 0.25) is 0 Å². The van der Waals surface area contributed by atoms with Crippen LogP contribution in [0.3, 0.4) is 0 Å². The van der Waals surface area contributed by atoms with Gasteiger partial charge in [-0.2, -0.15) is 0 Å². The van der Waals surface area contributed by atoms with E-state index in [1.54, 1.807) is 14.4 Å². The number of nitrogens with zero attached hydrogens (tertiary/aromatic N) is 2. The second-order valence-electron chi connectivity index (χ2n) is 9.90. The van der Waals surface area contributed by atoms with Gasteiger partial charge in [-0.3, -0.25) is 9.98 Å². The van der Waals surface area contributed by atoms with Gasteiger partial charge in [0, 0.05) is 0 Å². The molecule has 2 aromatic rings. The molecule has 0 heterocycles. The fourth-order valence-electron chi connectivity index (χ4n) is 3.78. The predicted octanol–water partition coefficient (Wildman–Crippen LogP) is 10.2. The minimum atomic E-state index is 0.432. The van der Waals surface area contributed by atoms with Crippen molar-refractivity contribution in [2.75, 3.05) is 0 Å². The van der Waals surface area contributed by atoms with Crippen LogP contribution in [0, 0.1) is 0 Å². The zero-order valence-electron chi connectivity index (χ0n) is 23.0. The molecule has 0 aromatic heterocycles. The van der Waals surface area contributed by atoms with Crippen LogP contribution in [0.1, 0.15) is 115 Å². The van der Waals surface area contributed by atoms with Gasteiger partial charge in [-0.25, -0.2) is 0 Å². The molecular formula is C30H46N2Ni. The monoisotopic (exact) mass is 492 g/mol. The van der Waals surface area contributed by atoms with E-state index in [9.17, 15) is 0 Å². The van der Waals surface area contributed by atoms with E-state index in [0.29, 0.717) is 23.7 Å². The molecule has 0 unspecified atom stereocenters. The summed E-state index contributed by atoms with van der Waals surface area (Å²) in [5.74, 6) is 5.85. The maximum absolute atomic E-state index is 5.13. The molecule has 0 amide bonds. The summed E-state index contributed by atoms with van der Waals surface area (Å²) in [6.45, 7) is 22.1. The molecule has 3 heteroatoms. The minimum absolute atomic E-state index is 0.432. The molecule has 0 fully saturated rings. The second kappa shape index (κ2) is 13.9. The fraction of sp³-hybridized carbons (Fsp3) is 0.533. The Bertz CT molecular complexity index is 820.